The predicted octanol–water partition coefficient (Wildman–Crippen LogP) is 0.398. The normalized spacial score (nSPS) is 29.2. The number of carbonyl (C=O) groups is 2. The van der Waals surface area contributed by atoms with Crippen molar-refractivity contribution in [3.8, 4) is 0 Å². The number of piperazine rings is 1. The molecule has 1 N–H and O–H groups in total. The molecule has 2 fully saturated rings. The monoisotopic (exact) mass is 254 g/mol. The van der Waals surface area contributed by atoms with E-state index in [2.05, 4.69) is 5.32 Å². The number of hydrogen-bond donors (Lipinski definition) is 1. The zero-order chi connectivity index (χ0) is 13.0. The lowest BCUT2D eigenvalue weighted by Gasteiger charge is -2.34. The molecule has 0 bridgehead atoms. The molecule has 2 rings (SSSR count). The molecule has 0 atom stereocenters. The summed E-state index contributed by atoms with van der Waals surface area (Å²) in [4.78, 5) is 25.1. The molecule has 1 heterocycles. The highest BCUT2D eigenvalue weighted by Crippen LogP contribution is 2.30. The summed E-state index contributed by atoms with van der Waals surface area (Å²) in [7, 11) is 1.45. The summed E-state index contributed by atoms with van der Waals surface area (Å²) < 4.78 is 4.78. The van der Waals surface area contributed by atoms with Gasteiger partial charge in [0, 0.05) is 19.6 Å². The molecule has 2 aliphatic rings. The fourth-order valence-corrected chi connectivity index (χ4v) is 2.90. The summed E-state index contributed by atoms with van der Waals surface area (Å²) in [6.07, 6.45) is 3.85. The zero-order valence-corrected chi connectivity index (χ0v) is 11.0. The Kier molecular flexibility index (Phi) is 4.58. The van der Waals surface area contributed by atoms with Crippen molar-refractivity contribution in [2.75, 3.05) is 33.3 Å². The van der Waals surface area contributed by atoms with Gasteiger partial charge in [-0.05, 0) is 31.6 Å². The van der Waals surface area contributed by atoms with Gasteiger partial charge in [0.15, 0.2) is 0 Å². The Balaban J connectivity index is 1.76. The Hall–Kier alpha value is -1.10. The van der Waals surface area contributed by atoms with Crippen LogP contribution in [0.2, 0.25) is 0 Å². The summed E-state index contributed by atoms with van der Waals surface area (Å²) in [6, 6.07) is 0. The topological polar surface area (TPSA) is 58.6 Å². The Morgan fingerprint density at radius 1 is 1.39 bits per heavy atom. The molecular formula is C13H22N2O3. The molecule has 1 aliphatic heterocycles. The van der Waals surface area contributed by atoms with E-state index in [0.29, 0.717) is 12.5 Å². The molecule has 1 saturated heterocycles. The zero-order valence-electron chi connectivity index (χ0n) is 11.0. The summed E-state index contributed by atoms with van der Waals surface area (Å²) in [5.41, 5.74) is 0. The third kappa shape index (κ3) is 3.22. The van der Waals surface area contributed by atoms with E-state index in [0.717, 1.165) is 45.3 Å². The first-order chi connectivity index (χ1) is 8.70. The number of carbonyl (C=O) groups excluding carboxylic acids is 2. The lowest BCUT2D eigenvalue weighted by molar-refractivity contribution is -0.147. The number of esters is 1. The minimum absolute atomic E-state index is 0.0741. The van der Waals surface area contributed by atoms with E-state index in [1.807, 2.05) is 4.90 Å². The second kappa shape index (κ2) is 6.18. The Bertz CT molecular complexity index is 311. The van der Waals surface area contributed by atoms with Crippen LogP contribution in [-0.2, 0) is 14.3 Å². The smallest absolute Gasteiger partial charge is 0.308 e. The Labute approximate surface area is 108 Å². The van der Waals surface area contributed by atoms with Crippen LogP contribution in [0.1, 0.15) is 25.7 Å². The average molecular weight is 254 g/mol. The first-order valence-corrected chi connectivity index (χ1v) is 6.77. The number of methoxy groups -OCH3 is 1. The number of nitrogens with one attached hydrogen (secondary N) is 1. The number of nitrogens with zero attached hydrogens (tertiary/aromatic N) is 1. The second-order valence-corrected chi connectivity index (χ2v) is 5.26. The number of hydrogen-bond acceptors (Lipinski definition) is 4. The van der Waals surface area contributed by atoms with Gasteiger partial charge in [-0.1, -0.05) is 0 Å². The third-order valence-electron chi connectivity index (χ3n) is 4.05. The molecule has 0 aromatic heterocycles. The number of amides is 1. The highest BCUT2D eigenvalue weighted by molar-refractivity contribution is 5.79. The van der Waals surface area contributed by atoms with Gasteiger partial charge in [-0.2, -0.15) is 0 Å². The fraction of sp³-hybridized carbons (Fsp3) is 0.846. The van der Waals surface area contributed by atoms with Gasteiger partial charge in [0.1, 0.15) is 0 Å². The van der Waals surface area contributed by atoms with Crippen LogP contribution < -0.4 is 5.32 Å². The van der Waals surface area contributed by atoms with E-state index in [-0.39, 0.29) is 17.8 Å². The van der Waals surface area contributed by atoms with Gasteiger partial charge in [-0.3, -0.25) is 9.59 Å². The van der Waals surface area contributed by atoms with Crippen molar-refractivity contribution in [3.63, 3.8) is 0 Å². The van der Waals surface area contributed by atoms with Crippen LogP contribution in [0, 0.1) is 11.8 Å². The van der Waals surface area contributed by atoms with E-state index >= 15 is 0 Å². The molecular weight excluding hydrogens is 232 g/mol. The molecule has 18 heavy (non-hydrogen) atoms. The maximum absolute atomic E-state index is 11.7. The maximum Gasteiger partial charge on any atom is 0.308 e. The van der Waals surface area contributed by atoms with E-state index in [1.165, 1.54) is 7.11 Å². The molecule has 5 heteroatoms. The molecule has 0 radical (unpaired) electrons. The van der Waals surface area contributed by atoms with Crippen LogP contribution in [-0.4, -0.2) is 50.1 Å². The highest BCUT2D eigenvalue weighted by Gasteiger charge is 2.29. The van der Waals surface area contributed by atoms with Crippen molar-refractivity contribution in [2.24, 2.45) is 11.8 Å². The molecule has 102 valence electrons. The van der Waals surface area contributed by atoms with E-state index < -0.39 is 0 Å². The van der Waals surface area contributed by atoms with Crippen LogP contribution in [0.15, 0.2) is 0 Å². The van der Waals surface area contributed by atoms with Crippen LogP contribution in [0.4, 0.5) is 0 Å². The lowest BCUT2D eigenvalue weighted by Crippen LogP contribution is -2.49. The Morgan fingerprint density at radius 3 is 2.72 bits per heavy atom. The fourth-order valence-electron chi connectivity index (χ4n) is 2.90. The molecule has 5 nitrogen and oxygen atoms in total. The number of ether oxygens (including phenoxy) is 1. The van der Waals surface area contributed by atoms with Crippen molar-refractivity contribution in [3.05, 3.63) is 0 Å². The van der Waals surface area contributed by atoms with Crippen molar-refractivity contribution in [1.29, 1.82) is 0 Å². The maximum atomic E-state index is 11.7. The van der Waals surface area contributed by atoms with Gasteiger partial charge in [-0.15, -0.1) is 0 Å². The minimum atomic E-state index is -0.0771. The summed E-state index contributed by atoms with van der Waals surface area (Å²) in [5.74, 6) is 0.751. The summed E-state index contributed by atoms with van der Waals surface area (Å²) in [5, 5.41) is 3.08. The molecule has 1 amide bonds. The third-order valence-corrected chi connectivity index (χ3v) is 4.05. The standard InChI is InChI=1S/C13H22N2O3/c1-18-13(17)11-4-2-10(3-5-11)9-15-7-6-14-8-12(15)16/h10-11,14H,2-9H2,1H3/t10-,11-. The first kappa shape index (κ1) is 13.3. The van der Waals surface area contributed by atoms with Crippen LogP contribution in [0.25, 0.3) is 0 Å². The van der Waals surface area contributed by atoms with Crippen molar-refractivity contribution in [2.45, 2.75) is 25.7 Å². The Morgan fingerprint density at radius 2 is 2.11 bits per heavy atom. The van der Waals surface area contributed by atoms with Crippen molar-refractivity contribution < 1.29 is 14.3 Å². The van der Waals surface area contributed by atoms with Crippen LogP contribution >= 0.6 is 0 Å². The quantitative estimate of drug-likeness (QED) is 0.741. The van der Waals surface area contributed by atoms with E-state index in [9.17, 15) is 9.59 Å². The van der Waals surface area contributed by atoms with Gasteiger partial charge in [0.25, 0.3) is 0 Å². The van der Waals surface area contributed by atoms with Gasteiger partial charge in [-0.25, -0.2) is 0 Å². The van der Waals surface area contributed by atoms with Crippen LogP contribution in [0.5, 0.6) is 0 Å². The van der Waals surface area contributed by atoms with Crippen molar-refractivity contribution in [1.82, 2.24) is 10.2 Å². The SMILES string of the molecule is COC(=O)[C@H]1CC[C@H](CN2CCNCC2=O)CC1. The largest absolute Gasteiger partial charge is 0.469 e. The lowest BCUT2D eigenvalue weighted by atomic mass is 9.81. The van der Waals surface area contributed by atoms with Gasteiger partial charge in [0.2, 0.25) is 5.91 Å². The molecule has 0 aromatic carbocycles. The minimum Gasteiger partial charge on any atom is -0.469 e. The van der Waals surface area contributed by atoms with E-state index in [1.54, 1.807) is 0 Å². The number of rotatable bonds is 3. The average Bonchev–Trinajstić information content (AvgIpc) is 2.41. The molecule has 1 aliphatic carbocycles. The highest BCUT2D eigenvalue weighted by atomic mass is 16.5. The van der Waals surface area contributed by atoms with Crippen LogP contribution in [0.3, 0.4) is 0 Å². The second-order valence-electron chi connectivity index (χ2n) is 5.26. The van der Waals surface area contributed by atoms with Gasteiger partial charge < -0.3 is 15.0 Å². The molecule has 0 spiro atoms. The van der Waals surface area contributed by atoms with Gasteiger partial charge in [0.05, 0.1) is 19.6 Å². The summed E-state index contributed by atoms with van der Waals surface area (Å²) in [6.45, 7) is 3.03. The molecule has 1 saturated carbocycles. The molecule has 0 unspecified atom stereocenters. The summed E-state index contributed by atoms with van der Waals surface area (Å²) >= 11 is 0. The first-order valence-electron chi connectivity index (χ1n) is 6.77. The van der Waals surface area contributed by atoms with Gasteiger partial charge >= 0.3 is 5.97 Å². The predicted molar refractivity (Wildman–Crippen MR) is 66.9 cm³/mol. The molecule has 0 aromatic rings. The van der Waals surface area contributed by atoms with Crippen molar-refractivity contribution >= 4 is 11.9 Å². The van der Waals surface area contributed by atoms with E-state index in [4.69, 9.17) is 4.74 Å².